The summed E-state index contributed by atoms with van der Waals surface area (Å²) in [5, 5.41) is 7.42. The molecule has 0 aliphatic rings. The fourth-order valence-corrected chi connectivity index (χ4v) is 0.253. The summed E-state index contributed by atoms with van der Waals surface area (Å²) in [6, 6.07) is 0. The number of nitrogens with zero attached hydrogens (tertiary/aromatic N) is 2. The molecule has 0 unspecified atom stereocenters. The summed E-state index contributed by atoms with van der Waals surface area (Å²) in [7, 11) is 0. The van der Waals surface area contributed by atoms with E-state index in [0.29, 0.717) is 0 Å². The lowest BCUT2D eigenvalue weighted by molar-refractivity contribution is -0.134. The van der Waals surface area contributed by atoms with Crippen molar-refractivity contribution in [3.8, 4) is 0 Å². The first-order valence-corrected chi connectivity index (χ1v) is 2.63. The largest absolute Gasteiger partial charge is 0.481 e. The molecule has 1 heterocycles. The highest BCUT2D eigenvalue weighted by atomic mass is 16.4. The molecular weight excluding hydrogens is 132 g/mol. The molecule has 0 saturated carbocycles. The fraction of sp³-hybridized carbons (Fsp3) is 0.167. The van der Waals surface area contributed by atoms with Crippen molar-refractivity contribution in [3.63, 3.8) is 0 Å². The van der Waals surface area contributed by atoms with E-state index < -0.39 is 5.97 Å². The van der Waals surface area contributed by atoms with Crippen molar-refractivity contribution in [1.29, 1.82) is 0 Å². The van der Waals surface area contributed by atoms with Crippen molar-refractivity contribution in [3.05, 3.63) is 24.8 Å². The van der Waals surface area contributed by atoms with E-state index in [1.54, 1.807) is 24.8 Å². The molecule has 4 heteroatoms. The van der Waals surface area contributed by atoms with Gasteiger partial charge in [-0.25, -0.2) is 0 Å². The van der Waals surface area contributed by atoms with E-state index >= 15 is 0 Å². The normalized spacial score (nSPS) is 7.30. The molecule has 1 N–H and O–H groups in total. The molecule has 0 spiro atoms. The molecule has 0 aliphatic carbocycles. The number of aromatic nitrogens is 2. The van der Waals surface area contributed by atoms with E-state index in [-0.39, 0.29) is 0 Å². The average molecular weight is 140 g/mol. The molecule has 1 rings (SSSR count). The van der Waals surface area contributed by atoms with Gasteiger partial charge in [0.2, 0.25) is 0 Å². The van der Waals surface area contributed by atoms with Crippen molar-refractivity contribution in [2.75, 3.05) is 0 Å². The van der Waals surface area contributed by atoms with Gasteiger partial charge >= 0.3 is 0 Å². The van der Waals surface area contributed by atoms with Crippen LogP contribution in [-0.4, -0.2) is 21.0 Å². The highest BCUT2D eigenvalue weighted by Crippen LogP contribution is 1.65. The van der Waals surface area contributed by atoms with Crippen LogP contribution in [0, 0.1) is 0 Å². The number of rotatable bonds is 0. The van der Waals surface area contributed by atoms with Gasteiger partial charge in [-0.15, -0.1) is 0 Å². The zero-order chi connectivity index (χ0) is 7.82. The predicted molar refractivity (Wildman–Crippen MR) is 35.3 cm³/mol. The lowest BCUT2D eigenvalue weighted by Crippen LogP contribution is -1.78. The van der Waals surface area contributed by atoms with Crippen LogP contribution in [0.1, 0.15) is 6.92 Å². The van der Waals surface area contributed by atoms with Gasteiger partial charge in [-0.2, -0.15) is 0 Å². The Kier molecular flexibility index (Phi) is 4.86. The number of hydrogen-bond acceptors (Lipinski definition) is 3. The van der Waals surface area contributed by atoms with Gasteiger partial charge in [0.1, 0.15) is 0 Å². The molecule has 0 radical (unpaired) electrons. The summed E-state index contributed by atoms with van der Waals surface area (Å²) < 4.78 is 0. The quantitative estimate of drug-likeness (QED) is 0.572. The highest BCUT2D eigenvalue weighted by Gasteiger charge is 1.65. The standard InChI is InChI=1S/C4H4N2.C2H4O2/c1-2-6-4-3-5-1;1-2(3)4/h1-4H;1H3,(H,3,4). The monoisotopic (exact) mass is 140 g/mol. The lowest BCUT2D eigenvalue weighted by Gasteiger charge is -1.70. The molecule has 0 fully saturated rings. The van der Waals surface area contributed by atoms with Gasteiger partial charge in [0.05, 0.1) is 0 Å². The third-order valence-electron chi connectivity index (χ3n) is 0.478. The van der Waals surface area contributed by atoms with Crippen molar-refractivity contribution < 1.29 is 9.90 Å². The Labute approximate surface area is 58.6 Å². The SMILES string of the molecule is CC(=O)O.c1cnccn1. The Balaban J connectivity index is 0.000000180. The first kappa shape index (κ1) is 8.55. The van der Waals surface area contributed by atoms with E-state index in [4.69, 9.17) is 9.90 Å². The van der Waals surface area contributed by atoms with Gasteiger partial charge in [-0.3, -0.25) is 14.8 Å². The van der Waals surface area contributed by atoms with Gasteiger partial charge < -0.3 is 5.11 Å². The first-order valence-electron chi connectivity index (χ1n) is 2.63. The van der Waals surface area contributed by atoms with Crippen molar-refractivity contribution >= 4 is 5.97 Å². The van der Waals surface area contributed by atoms with Gasteiger partial charge in [0.15, 0.2) is 0 Å². The highest BCUT2D eigenvalue weighted by molar-refractivity contribution is 5.62. The summed E-state index contributed by atoms with van der Waals surface area (Å²) in [5.41, 5.74) is 0. The van der Waals surface area contributed by atoms with E-state index in [0.717, 1.165) is 6.92 Å². The second-order valence-electron chi connectivity index (χ2n) is 1.41. The van der Waals surface area contributed by atoms with Crippen molar-refractivity contribution in [2.45, 2.75) is 6.92 Å². The zero-order valence-electron chi connectivity index (χ0n) is 5.56. The van der Waals surface area contributed by atoms with Crippen LogP contribution in [0.4, 0.5) is 0 Å². The average Bonchev–Trinajstić information content (AvgIpc) is 1.90. The predicted octanol–water partition coefficient (Wildman–Crippen LogP) is 0.567. The Morgan fingerprint density at radius 3 is 1.50 bits per heavy atom. The summed E-state index contributed by atoms with van der Waals surface area (Å²) in [4.78, 5) is 16.4. The third kappa shape index (κ3) is 9.75. The lowest BCUT2D eigenvalue weighted by atomic mass is 10.8. The smallest absolute Gasteiger partial charge is 0.300 e. The maximum Gasteiger partial charge on any atom is 0.300 e. The van der Waals surface area contributed by atoms with Crippen LogP contribution in [0.25, 0.3) is 0 Å². The topological polar surface area (TPSA) is 63.1 Å². The molecule has 0 bridgehead atoms. The number of aliphatic carboxylic acids is 1. The Morgan fingerprint density at radius 2 is 1.40 bits per heavy atom. The minimum atomic E-state index is -0.833. The second kappa shape index (κ2) is 5.68. The van der Waals surface area contributed by atoms with Crippen LogP contribution in [0.15, 0.2) is 24.8 Å². The van der Waals surface area contributed by atoms with E-state index in [1.165, 1.54) is 0 Å². The van der Waals surface area contributed by atoms with Crippen LogP contribution in [-0.2, 0) is 4.79 Å². The second-order valence-corrected chi connectivity index (χ2v) is 1.41. The maximum atomic E-state index is 9.00. The van der Waals surface area contributed by atoms with Crippen molar-refractivity contribution in [1.82, 2.24) is 9.97 Å². The molecule has 0 aliphatic heterocycles. The number of carboxylic acid groups (broad SMARTS) is 1. The first-order chi connectivity index (χ1) is 4.73. The molecule has 4 nitrogen and oxygen atoms in total. The summed E-state index contributed by atoms with van der Waals surface area (Å²) in [6.07, 6.45) is 6.56. The molecule has 10 heavy (non-hydrogen) atoms. The minimum Gasteiger partial charge on any atom is -0.481 e. The Bertz CT molecular complexity index is 146. The van der Waals surface area contributed by atoms with Crippen LogP contribution < -0.4 is 0 Å². The summed E-state index contributed by atoms with van der Waals surface area (Å²) in [5.74, 6) is -0.833. The molecule has 54 valence electrons. The van der Waals surface area contributed by atoms with E-state index in [9.17, 15) is 0 Å². The van der Waals surface area contributed by atoms with Crippen LogP contribution >= 0.6 is 0 Å². The Hall–Kier alpha value is -1.45. The molecular formula is C6H8N2O2. The minimum absolute atomic E-state index is 0.833. The van der Waals surface area contributed by atoms with Crippen LogP contribution in [0.2, 0.25) is 0 Å². The maximum absolute atomic E-state index is 9.00. The molecule has 0 amide bonds. The van der Waals surface area contributed by atoms with Crippen molar-refractivity contribution in [2.24, 2.45) is 0 Å². The van der Waals surface area contributed by atoms with Gasteiger partial charge in [0.25, 0.3) is 5.97 Å². The van der Waals surface area contributed by atoms with Crippen LogP contribution in [0.3, 0.4) is 0 Å². The van der Waals surface area contributed by atoms with Crippen LogP contribution in [0.5, 0.6) is 0 Å². The zero-order valence-corrected chi connectivity index (χ0v) is 5.56. The number of carboxylic acids is 1. The molecule has 0 atom stereocenters. The summed E-state index contributed by atoms with van der Waals surface area (Å²) >= 11 is 0. The van der Waals surface area contributed by atoms with Gasteiger partial charge in [-0.05, 0) is 0 Å². The fourth-order valence-electron chi connectivity index (χ4n) is 0.253. The molecule has 0 aromatic carbocycles. The number of hydrogen-bond donors (Lipinski definition) is 1. The molecule has 0 saturated heterocycles. The Morgan fingerprint density at radius 1 is 1.20 bits per heavy atom. The van der Waals surface area contributed by atoms with E-state index in [2.05, 4.69) is 9.97 Å². The number of carbonyl (C=O) groups is 1. The van der Waals surface area contributed by atoms with Gasteiger partial charge in [0, 0.05) is 31.7 Å². The van der Waals surface area contributed by atoms with E-state index in [1.807, 2.05) is 0 Å². The summed E-state index contributed by atoms with van der Waals surface area (Å²) in [6.45, 7) is 1.08. The van der Waals surface area contributed by atoms with Gasteiger partial charge in [-0.1, -0.05) is 0 Å². The third-order valence-corrected chi connectivity index (χ3v) is 0.478. The molecule has 1 aromatic heterocycles. The molecule has 1 aromatic rings.